The molecule has 1 fully saturated rings. The molecule has 1 aliphatic rings. The third-order valence-electron chi connectivity index (χ3n) is 4.14. The molecule has 1 atom stereocenters. The molecule has 6 nitrogen and oxygen atoms in total. The molecular weight excluding hydrogens is 276 g/mol. The lowest BCUT2D eigenvalue weighted by Crippen LogP contribution is -2.26. The van der Waals surface area contributed by atoms with Gasteiger partial charge in [0, 0.05) is 32.5 Å². The molecule has 0 spiro atoms. The van der Waals surface area contributed by atoms with Crippen LogP contribution in [0, 0.1) is 5.92 Å². The summed E-state index contributed by atoms with van der Waals surface area (Å²) in [4.78, 5) is 19.8. The van der Waals surface area contributed by atoms with Crippen LogP contribution >= 0.6 is 0 Å². The summed E-state index contributed by atoms with van der Waals surface area (Å²) in [6.45, 7) is 2.04. The van der Waals surface area contributed by atoms with Gasteiger partial charge in [0.15, 0.2) is 0 Å². The van der Waals surface area contributed by atoms with Crippen molar-refractivity contribution in [2.24, 2.45) is 5.92 Å². The van der Waals surface area contributed by atoms with Gasteiger partial charge in [-0.1, -0.05) is 0 Å². The molecule has 0 amide bonds. The van der Waals surface area contributed by atoms with Crippen molar-refractivity contribution in [3.63, 3.8) is 0 Å². The summed E-state index contributed by atoms with van der Waals surface area (Å²) in [5, 5.41) is 3.00. The molecule has 22 heavy (non-hydrogen) atoms. The molecule has 116 valence electrons. The van der Waals surface area contributed by atoms with E-state index in [0.29, 0.717) is 5.92 Å². The van der Waals surface area contributed by atoms with Crippen molar-refractivity contribution in [3.05, 3.63) is 36.5 Å². The predicted octanol–water partition coefficient (Wildman–Crippen LogP) is 2.16. The monoisotopic (exact) mass is 298 g/mol. The van der Waals surface area contributed by atoms with Crippen molar-refractivity contribution in [3.8, 4) is 0 Å². The fourth-order valence-electron chi connectivity index (χ4n) is 2.91. The lowest BCUT2D eigenvalue weighted by molar-refractivity contribution is 0.466. The number of nitrogens with zero attached hydrogens (tertiary/aromatic N) is 5. The van der Waals surface area contributed by atoms with E-state index in [9.17, 15) is 0 Å². The Kier molecular flexibility index (Phi) is 4.78. The van der Waals surface area contributed by atoms with Crippen LogP contribution in [0.2, 0.25) is 0 Å². The van der Waals surface area contributed by atoms with Gasteiger partial charge in [0.25, 0.3) is 0 Å². The highest BCUT2D eigenvalue weighted by molar-refractivity contribution is 5.30. The third kappa shape index (κ3) is 3.69. The zero-order valence-electron chi connectivity index (χ0n) is 12.9. The number of aromatic nitrogens is 4. The topological polar surface area (TPSA) is 66.8 Å². The van der Waals surface area contributed by atoms with Gasteiger partial charge in [-0.2, -0.15) is 0 Å². The van der Waals surface area contributed by atoms with E-state index in [1.807, 2.05) is 31.7 Å². The Morgan fingerprint density at radius 2 is 1.95 bits per heavy atom. The second kappa shape index (κ2) is 7.15. The van der Waals surface area contributed by atoms with Gasteiger partial charge in [-0.3, -0.25) is 4.98 Å². The molecule has 1 aliphatic heterocycles. The first-order chi connectivity index (χ1) is 10.8. The average Bonchev–Trinajstić information content (AvgIpc) is 2.82. The van der Waals surface area contributed by atoms with Crippen LogP contribution < -0.4 is 10.2 Å². The summed E-state index contributed by atoms with van der Waals surface area (Å²) < 4.78 is 0. The van der Waals surface area contributed by atoms with E-state index in [2.05, 4.69) is 30.2 Å². The van der Waals surface area contributed by atoms with E-state index in [0.717, 1.165) is 43.4 Å². The van der Waals surface area contributed by atoms with Crippen LogP contribution in [-0.2, 0) is 6.42 Å². The zero-order chi connectivity index (χ0) is 15.2. The number of hydrogen-bond acceptors (Lipinski definition) is 6. The van der Waals surface area contributed by atoms with Crippen LogP contribution in [0.25, 0.3) is 0 Å². The Bertz CT molecular complexity index is 571. The van der Waals surface area contributed by atoms with Crippen molar-refractivity contribution >= 4 is 11.8 Å². The molecule has 2 aromatic heterocycles. The Morgan fingerprint density at radius 1 is 1.09 bits per heavy atom. The van der Waals surface area contributed by atoms with Gasteiger partial charge >= 0.3 is 0 Å². The zero-order valence-corrected chi connectivity index (χ0v) is 12.9. The highest BCUT2D eigenvalue weighted by Gasteiger charge is 2.19. The second-order valence-electron chi connectivity index (χ2n) is 5.68. The maximum Gasteiger partial charge on any atom is 0.225 e. The van der Waals surface area contributed by atoms with E-state index in [4.69, 9.17) is 0 Å². The van der Waals surface area contributed by atoms with Gasteiger partial charge in [0.05, 0.1) is 18.1 Å². The Balaban J connectivity index is 1.58. The minimum Gasteiger partial charge on any atom is -0.372 e. The van der Waals surface area contributed by atoms with Gasteiger partial charge in [-0.05, 0) is 37.7 Å². The second-order valence-corrected chi connectivity index (χ2v) is 5.68. The SMILES string of the molecule is CNc1cnc(C[C@H]2CCCN(c3ncccn3)CC2)cn1. The Hall–Kier alpha value is -2.24. The summed E-state index contributed by atoms with van der Waals surface area (Å²) in [5.74, 6) is 2.32. The fraction of sp³-hybridized carbons (Fsp3) is 0.500. The first kappa shape index (κ1) is 14.7. The maximum absolute atomic E-state index is 4.49. The molecule has 0 saturated carbocycles. The molecule has 0 aliphatic carbocycles. The largest absolute Gasteiger partial charge is 0.372 e. The summed E-state index contributed by atoms with van der Waals surface area (Å²) in [6, 6.07) is 1.86. The highest BCUT2D eigenvalue weighted by Crippen LogP contribution is 2.22. The van der Waals surface area contributed by atoms with Crippen molar-refractivity contribution < 1.29 is 0 Å². The minimum absolute atomic E-state index is 0.656. The first-order valence-electron chi connectivity index (χ1n) is 7.86. The van der Waals surface area contributed by atoms with Gasteiger partial charge in [0.2, 0.25) is 5.95 Å². The standard InChI is InChI=1S/C16H22N6/c1-17-15-12-20-14(11-21-15)10-13-4-2-8-22(9-5-13)16-18-6-3-7-19-16/h3,6-7,11-13H,2,4-5,8-10H2,1H3,(H,17,21)/t13-/m0/s1. The normalized spacial score (nSPS) is 18.8. The molecule has 0 radical (unpaired) electrons. The van der Waals surface area contributed by atoms with Crippen LogP contribution in [0.3, 0.4) is 0 Å². The van der Waals surface area contributed by atoms with Crippen LogP contribution in [0.15, 0.2) is 30.9 Å². The van der Waals surface area contributed by atoms with Gasteiger partial charge in [0.1, 0.15) is 5.82 Å². The average molecular weight is 298 g/mol. The number of rotatable bonds is 4. The van der Waals surface area contributed by atoms with E-state index in [1.54, 1.807) is 6.20 Å². The van der Waals surface area contributed by atoms with Crippen LogP contribution in [0.4, 0.5) is 11.8 Å². The summed E-state index contributed by atoms with van der Waals surface area (Å²) in [5.41, 5.74) is 1.08. The van der Waals surface area contributed by atoms with Crippen molar-refractivity contribution in [1.82, 2.24) is 19.9 Å². The molecule has 1 saturated heterocycles. The van der Waals surface area contributed by atoms with Crippen molar-refractivity contribution in [2.75, 3.05) is 30.4 Å². The molecular formula is C16H22N6. The maximum atomic E-state index is 4.49. The first-order valence-corrected chi connectivity index (χ1v) is 7.86. The van der Waals surface area contributed by atoms with E-state index >= 15 is 0 Å². The molecule has 3 rings (SSSR count). The lowest BCUT2D eigenvalue weighted by atomic mass is 9.95. The van der Waals surface area contributed by atoms with Crippen molar-refractivity contribution in [2.45, 2.75) is 25.7 Å². The quantitative estimate of drug-likeness (QED) is 0.933. The van der Waals surface area contributed by atoms with E-state index in [-0.39, 0.29) is 0 Å². The molecule has 0 bridgehead atoms. The Morgan fingerprint density at radius 3 is 2.68 bits per heavy atom. The Labute approximate surface area is 131 Å². The molecule has 0 unspecified atom stereocenters. The summed E-state index contributed by atoms with van der Waals surface area (Å²) >= 11 is 0. The molecule has 0 aromatic carbocycles. The predicted molar refractivity (Wildman–Crippen MR) is 86.9 cm³/mol. The smallest absolute Gasteiger partial charge is 0.225 e. The molecule has 1 N–H and O–H groups in total. The number of nitrogens with one attached hydrogen (secondary N) is 1. The summed E-state index contributed by atoms with van der Waals surface area (Å²) in [6.07, 6.45) is 11.8. The van der Waals surface area contributed by atoms with Crippen LogP contribution in [0.5, 0.6) is 0 Å². The molecule has 2 aromatic rings. The van der Waals surface area contributed by atoms with Gasteiger partial charge < -0.3 is 10.2 Å². The number of hydrogen-bond donors (Lipinski definition) is 1. The number of anilines is 2. The fourth-order valence-corrected chi connectivity index (χ4v) is 2.91. The van der Waals surface area contributed by atoms with Gasteiger partial charge in [-0.15, -0.1) is 0 Å². The summed E-state index contributed by atoms with van der Waals surface area (Å²) in [7, 11) is 1.86. The highest BCUT2D eigenvalue weighted by atomic mass is 15.2. The molecule has 6 heteroatoms. The van der Waals surface area contributed by atoms with Crippen molar-refractivity contribution in [1.29, 1.82) is 0 Å². The van der Waals surface area contributed by atoms with Gasteiger partial charge in [-0.25, -0.2) is 15.0 Å². The lowest BCUT2D eigenvalue weighted by Gasteiger charge is -2.20. The minimum atomic E-state index is 0.656. The third-order valence-corrected chi connectivity index (χ3v) is 4.14. The van der Waals surface area contributed by atoms with E-state index < -0.39 is 0 Å². The van der Waals surface area contributed by atoms with Crippen LogP contribution in [-0.4, -0.2) is 40.1 Å². The van der Waals surface area contributed by atoms with E-state index in [1.165, 1.54) is 12.8 Å². The van der Waals surface area contributed by atoms with Crippen LogP contribution in [0.1, 0.15) is 25.0 Å². The molecule has 3 heterocycles.